The van der Waals surface area contributed by atoms with Gasteiger partial charge in [-0.05, 0) is 166 Å². The van der Waals surface area contributed by atoms with E-state index in [0.29, 0.717) is 86.3 Å². The van der Waals surface area contributed by atoms with Gasteiger partial charge in [0, 0.05) is 130 Å². The van der Waals surface area contributed by atoms with Crippen LogP contribution in [0.3, 0.4) is 0 Å². The van der Waals surface area contributed by atoms with Gasteiger partial charge in [0.25, 0.3) is 0 Å². The number of imidazole rings is 5. The van der Waals surface area contributed by atoms with Crippen molar-refractivity contribution in [3.63, 3.8) is 0 Å². The third-order valence-corrected chi connectivity index (χ3v) is 16.3. The van der Waals surface area contributed by atoms with Gasteiger partial charge in [0.1, 0.15) is 17.5 Å². The smallest absolute Gasteiger partial charge is 0.174 e. The molecule has 13 rings (SSSR count). The maximum atomic E-state index is 13.5. The van der Waals surface area contributed by atoms with E-state index in [9.17, 15) is 13.2 Å². The summed E-state index contributed by atoms with van der Waals surface area (Å²) in [5, 5.41) is 18.0. The molecule has 0 saturated heterocycles. The Labute approximate surface area is 589 Å². The van der Waals surface area contributed by atoms with Gasteiger partial charge in [-0.25, -0.2) is 13.2 Å². The molecule has 1 aliphatic rings. The number of H-pyrrole nitrogens is 10. The molecule has 0 radical (unpaired) electrons. The number of aromatic amines is 10. The molecular weight excluding hydrogens is 1390 g/mol. The first-order valence-corrected chi connectivity index (χ1v) is 32.3. The Morgan fingerprint density at radius 2 is 0.904 bits per heavy atom. The van der Waals surface area contributed by atoms with E-state index in [-0.39, 0.29) is 22.5 Å². The molecule has 0 fully saturated rings. The molecule has 94 heavy (non-hydrogen) atoms. The first-order chi connectivity index (χ1) is 45.2. The zero-order valence-electron chi connectivity index (χ0n) is 49.4. The highest BCUT2D eigenvalue weighted by molar-refractivity contribution is 7.72. The number of halogens is 8. The van der Waals surface area contributed by atoms with E-state index in [2.05, 4.69) is 85.3 Å². The van der Waals surface area contributed by atoms with Crippen LogP contribution >= 0.6 is 119 Å². The number of nitriles is 1. The average Bonchev–Trinajstić information content (AvgIpc) is 1.96. The summed E-state index contributed by atoms with van der Waals surface area (Å²) in [4.78, 5) is 29.3. The maximum absolute atomic E-state index is 13.5. The van der Waals surface area contributed by atoms with Gasteiger partial charge in [-0.3, -0.25) is 0 Å². The Hall–Kier alpha value is -8.50. The Morgan fingerprint density at radius 3 is 1.40 bits per heavy atom. The monoisotopic (exact) mass is 1450 g/mol. The van der Waals surface area contributed by atoms with Crippen molar-refractivity contribution >= 4 is 119 Å². The number of nitrogens with one attached hydrogen (secondary N) is 12. The summed E-state index contributed by atoms with van der Waals surface area (Å²) in [5.74, 6) is 0.0318. The molecular formula is C68H57Cl5F3N13S5. The second-order valence-electron chi connectivity index (χ2n) is 20.5. The van der Waals surface area contributed by atoms with Crippen LogP contribution in [-0.2, 0) is 38.5 Å². The van der Waals surface area contributed by atoms with Gasteiger partial charge < -0.3 is 60.5 Å². The van der Waals surface area contributed by atoms with Crippen molar-refractivity contribution in [3.05, 3.63) is 341 Å². The second-order valence-corrected chi connectivity index (χ2v) is 24.6. The average molecular weight is 1450 g/mol. The Morgan fingerprint density at radius 1 is 0.436 bits per heavy atom. The highest BCUT2D eigenvalue weighted by Crippen LogP contribution is 2.29. The molecule has 13 nitrogen and oxygen atoms in total. The van der Waals surface area contributed by atoms with Gasteiger partial charge in [-0.1, -0.05) is 156 Å². The van der Waals surface area contributed by atoms with Crippen molar-refractivity contribution < 1.29 is 13.2 Å². The van der Waals surface area contributed by atoms with E-state index in [0.717, 1.165) is 75.1 Å². The molecule has 0 amide bonds. The second kappa shape index (κ2) is 35.7. The number of allylic oxidation sites excluding steroid dienone is 1. The van der Waals surface area contributed by atoms with Crippen molar-refractivity contribution in [1.82, 2.24) is 60.5 Å². The first-order valence-electron chi connectivity index (χ1n) is 28.3. The van der Waals surface area contributed by atoms with Crippen LogP contribution in [0.15, 0.2) is 207 Å². The summed E-state index contributed by atoms with van der Waals surface area (Å²) in [6.07, 6.45) is 14.8. The normalized spacial score (nSPS) is 11.1. The van der Waals surface area contributed by atoms with Gasteiger partial charge in [-0.2, -0.15) is 5.26 Å². The Balaban J connectivity index is 0.000000146. The van der Waals surface area contributed by atoms with Gasteiger partial charge >= 0.3 is 0 Å². The predicted octanol–water partition coefficient (Wildman–Crippen LogP) is 20.3. The van der Waals surface area contributed by atoms with E-state index in [1.807, 2.05) is 97.6 Å². The van der Waals surface area contributed by atoms with Crippen LogP contribution in [0.2, 0.25) is 25.1 Å². The quantitative estimate of drug-likeness (QED) is 0.0499. The lowest BCUT2D eigenvalue weighted by molar-refractivity contribution is 0.613. The molecule has 0 aliphatic carbocycles. The summed E-state index contributed by atoms with van der Waals surface area (Å²) < 4.78 is 42.3. The zero-order chi connectivity index (χ0) is 67.1. The van der Waals surface area contributed by atoms with Crippen LogP contribution in [0.5, 0.6) is 0 Å². The van der Waals surface area contributed by atoms with Crippen LogP contribution < -0.4 is 10.6 Å². The van der Waals surface area contributed by atoms with Gasteiger partial charge in [0.15, 0.2) is 23.9 Å². The molecule has 12 N–H and O–H groups in total. The van der Waals surface area contributed by atoms with Crippen LogP contribution in [0, 0.1) is 52.6 Å². The third kappa shape index (κ3) is 22.6. The van der Waals surface area contributed by atoms with E-state index in [1.165, 1.54) is 35.4 Å². The highest BCUT2D eigenvalue weighted by atomic mass is 35.5. The van der Waals surface area contributed by atoms with Crippen molar-refractivity contribution in [3.8, 4) is 17.2 Å². The molecule has 0 atom stereocenters. The Bertz CT molecular complexity index is 4860. The maximum Gasteiger partial charge on any atom is 0.174 e. The van der Waals surface area contributed by atoms with E-state index in [4.69, 9.17) is 124 Å². The third-order valence-electron chi connectivity index (χ3n) is 13.6. The number of benzene rings is 7. The van der Waals surface area contributed by atoms with Crippen molar-refractivity contribution in [2.75, 3.05) is 0 Å². The fourth-order valence-corrected chi connectivity index (χ4v) is 11.2. The molecule has 26 heteroatoms. The summed E-state index contributed by atoms with van der Waals surface area (Å²) in [6, 6.07) is 47.2. The SMILES string of the molecule is C=C1NC=C(Cc2ccccc2-c2ccc(C#N)cc2)N1.Fc1c(Cl)cccc1Cc1c[nH]c(=S)[nH]1.Fc1ccc(Cc2c[nH]c(=S)[nH]2)cc1.Fc1ccccc1Cc1c[nH]c(=S)[nH]1.S=c1[nH]cc(Cc2c(Cl)cccc2Cl)[nH]1.S=c1[nH]cc(Cc2ccc(Cl)cc2Cl)[nH]1. The minimum atomic E-state index is -0.375. The lowest BCUT2D eigenvalue weighted by Crippen LogP contribution is -2.11. The first kappa shape index (κ1) is 71.4. The largest absolute Gasteiger partial charge is 0.347 e. The molecule has 0 unspecified atom stereocenters. The van der Waals surface area contributed by atoms with Crippen molar-refractivity contribution in [1.29, 1.82) is 5.26 Å². The van der Waals surface area contributed by atoms with Crippen molar-refractivity contribution in [2.45, 2.75) is 38.5 Å². The topological polar surface area (TPSA) is 206 Å². The zero-order valence-corrected chi connectivity index (χ0v) is 57.2. The summed E-state index contributed by atoms with van der Waals surface area (Å²) in [6.45, 7) is 3.84. The fraction of sp³-hybridized carbons (Fsp3) is 0.0882. The lowest BCUT2D eigenvalue weighted by atomic mass is 9.96. The minimum Gasteiger partial charge on any atom is -0.347 e. The van der Waals surface area contributed by atoms with Gasteiger partial charge in [-0.15, -0.1) is 0 Å². The van der Waals surface area contributed by atoms with Crippen LogP contribution in [0.25, 0.3) is 11.1 Å². The standard InChI is InChI=1S/C18H15N3.2C10H8Cl2N2S.C10H8ClFN2S.2C10H9FN2S/c1-13-20-12-17(21-13)10-16-4-2-3-5-18(16)15-8-6-14(11-19)7-9-15;11-7-2-1-6(9(12)4-7)3-8-5-13-10(15)14-8;11-8-2-1-3-9(12)7(8)4-6-5-13-10(15)14-6;11-8-3-1-2-6(9(8)12)4-7-5-13-10(15)14-7;11-8-3-1-7(2-4-8)5-9-6-12-10(14)13-9;11-9-4-2-1-3-7(9)5-8-6-12-10(14)13-8/h2-9,12,20-21H,1,10H2;1-2,4-5H,3H2,(H2,13,14,15);2*1-3,5H,4H2,(H2,13,14,15);2*1-4,6H,5H2,(H2,12,13,14). The fourth-order valence-electron chi connectivity index (χ4n) is 9.07. The van der Waals surface area contributed by atoms with Gasteiger partial charge in [0.2, 0.25) is 0 Å². The lowest BCUT2D eigenvalue weighted by Gasteiger charge is -2.11. The molecule has 0 spiro atoms. The van der Waals surface area contributed by atoms with Gasteiger partial charge in [0.05, 0.1) is 22.5 Å². The molecule has 12 aromatic rings. The Kier molecular flexibility index (Phi) is 27.1. The predicted molar refractivity (Wildman–Crippen MR) is 385 cm³/mol. The minimum absolute atomic E-state index is 0.140. The number of hydrogen-bond acceptors (Lipinski definition) is 8. The van der Waals surface area contributed by atoms with E-state index < -0.39 is 0 Å². The number of rotatable bonds is 13. The molecule has 480 valence electrons. The number of hydrogen-bond donors (Lipinski definition) is 12. The van der Waals surface area contributed by atoms with Crippen LogP contribution in [-0.4, -0.2) is 49.8 Å². The molecule has 0 bridgehead atoms. The van der Waals surface area contributed by atoms with Crippen LogP contribution in [0.1, 0.15) is 67.4 Å². The van der Waals surface area contributed by atoms with E-state index in [1.54, 1.807) is 54.9 Å². The summed E-state index contributed by atoms with van der Waals surface area (Å²) in [7, 11) is 0. The number of aromatic nitrogens is 10. The summed E-state index contributed by atoms with van der Waals surface area (Å²) in [5.41, 5.74) is 14.2. The molecule has 6 heterocycles. The number of nitrogens with zero attached hydrogens (tertiary/aromatic N) is 1. The summed E-state index contributed by atoms with van der Waals surface area (Å²) >= 11 is 54.2. The molecule has 0 saturated carbocycles. The van der Waals surface area contributed by atoms with E-state index >= 15 is 0 Å². The van der Waals surface area contributed by atoms with Crippen LogP contribution in [0.4, 0.5) is 13.2 Å². The molecule has 7 aromatic carbocycles. The highest BCUT2D eigenvalue weighted by Gasteiger charge is 2.13. The molecule has 5 aromatic heterocycles. The molecule has 1 aliphatic heterocycles. The van der Waals surface area contributed by atoms with Crippen molar-refractivity contribution in [2.24, 2.45) is 0 Å².